The molecule has 1 aliphatic heterocycles. The average molecular weight is 261 g/mol. The van der Waals surface area contributed by atoms with Crippen molar-refractivity contribution < 1.29 is 4.79 Å². The van der Waals surface area contributed by atoms with E-state index in [0.29, 0.717) is 13.1 Å². The Kier molecular flexibility index (Phi) is 3.54. The lowest BCUT2D eigenvalue weighted by Crippen LogP contribution is -2.68. The molecule has 2 N–H and O–H groups in total. The molecule has 1 fully saturated rings. The highest BCUT2D eigenvalue weighted by molar-refractivity contribution is 5.87. The molecule has 104 valence electrons. The van der Waals surface area contributed by atoms with Crippen molar-refractivity contribution in [3.63, 3.8) is 0 Å². The fraction of sp³-hybridized carbons (Fsp3) is 0.533. The van der Waals surface area contributed by atoms with Gasteiger partial charge in [0.25, 0.3) is 0 Å². The molecule has 1 aromatic rings. The van der Waals surface area contributed by atoms with E-state index in [9.17, 15) is 4.79 Å². The number of nitrogens with two attached hydrogens (primary N) is 1. The van der Waals surface area contributed by atoms with Crippen LogP contribution < -0.4 is 10.6 Å². The molecule has 0 aromatic heterocycles. The summed E-state index contributed by atoms with van der Waals surface area (Å²) in [6.07, 6.45) is 0. The third-order valence-electron chi connectivity index (χ3n) is 3.75. The zero-order valence-corrected chi connectivity index (χ0v) is 12.2. The number of aryl methyl sites for hydroxylation is 1. The molecule has 0 radical (unpaired) electrons. The van der Waals surface area contributed by atoms with Crippen LogP contribution in [-0.4, -0.2) is 42.5 Å². The van der Waals surface area contributed by atoms with Gasteiger partial charge in [-0.3, -0.25) is 4.79 Å². The number of carbonyl (C=O) groups is 1. The predicted octanol–water partition coefficient (Wildman–Crippen LogP) is 1.38. The second-order valence-corrected chi connectivity index (χ2v) is 5.97. The van der Waals surface area contributed by atoms with Crippen molar-refractivity contribution in [1.82, 2.24) is 4.90 Å². The fourth-order valence-corrected chi connectivity index (χ4v) is 3.03. The molecule has 1 atom stereocenters. The monoisotopic (exact) mass is 261 g/mol. The zero-order chi connectivity index (χ0) is 14.2. The Balaban J connectivity index is 2.47. The molecule has 0 aliphatic carbocycles. The van der Waals surface area contributed by atoms with Gasteiger partial charge in [-0.2, -0.15) is 0 Å². The topological polar surface area (TPSA) is 49.6 Å². The molecular formula is C15H23N3O. The van der Waals surface area contributed by atoms with E-state index in [1.165, 1.54) is 5.56 Å². The summed E-state index contributed by atoms with van der Waals surface area (Å²) in [7, 11) is 1.85. The molecule has 0 saturated carbocycles. The molecule has 0 spiro atoms. The van der Waals surface area contributed by atoms with Gasteiger partial charge in [-0.25, -0.2) is 0 Å². The van der Waals surface area contributed by atoms with Gasteiger partial charge in [-0.05, 0) is 38.5 Å². The van der Waals surface area contributed by atoms with Crippen molar-refractivity contribution in [2.45, 2.75) is 32.4 Å². The van der Waals surface area contributed by atoms with Gasteiger partial charge in [0.1, 0.15) is 6.04 Å². The van der Waals surface area contributed by atoms with Gasteiger partial charge in [-0.1, -0.05) is 12.1 Å². The first-order valence-electron chi connectivity index (χ1n) is 6.68. The second kappa shape index (κ2) is 4.85. The average Bonchev–Trinajstić information content (AvgIpc) is 2.32. The van der Waals surface area contributed by atoms with Gasteiger partial charge in [0.05, 0.1) is 5.54 Å². The van der Waals surface area contributed by atoms with Crippen LogP contribution >= 0.6 is 0 Å². The lowest BCUT2D eigenvalue weighted by Gasteiger charge is -2.51. The summed E-state index contributed by atoms with van der Waals surface area (Å²) in [6, 6.07) is 7.97. The molecule has 0 bridgehead atoms. The van der Waals surface area contributed by atoms with Crippen molar-refractivity contribution in [2.24, 2.45) is 5.73 Å². The van der Waals surface area contributed by atoms with Crippen LogP contribution in [0.2, 0.25) is 0 Å². The molecule has 1 saturated heterocycles. The molecule has 4 heteroatoms. The van der Waals surface area contributed by atoms with Gasteiger partial charge in [0.2, 0.25) is 5.91 Å². The normalized spacial score (nSPS) is 22.8. The van der Waals surface area contributed by atoms with Gasteiger partial charge in [0.15, 0.2) is 0 Å². The van der Waals surface area contributed by atoms with E-state index in [1.54, 1.807) is 4.90 Å². The minimum atomic E-state index is -0.282. The van der Waals surface area contributed by atoms with Crippen molar-refractivity contribution >= 4 is 11.6 Å². The Labute approximate surface area is 115 Å². The number of amides is 1. The Bertz CT molecular complexity index is 484. The maximum absolute atomic E-state index is 12.3. The van der Waals surface area contributed by atoms with E-state index in [1.807, 2.05) is 13.1 Å². The summed E-state index contributed by atoms with van der Waals surface area (Å²) in [5.74, 6) is 0.100. The maximum Gasteiger partial charge on any atom is 0.246 e. The molecule has 1 amide bonds. The molecule has 1 aromatic carbocycles. The van der Waals surface area contributed by atoms with E-state index in [2.05, 4.69) is 43.9 Å². The lowest BCUT2D eigenvalue weighted by atomic mass is 9.93. The van der Waals surface area contributed by atoms with Gasteiger partial charge in [0, 0.05) is 25.8 Å². The number of rotatable bonds is 2. The number of carbonyl (C=O) groups excluding carboxylic acids is 1. The van der Waals surface area contributed by atoms with Crippen LogP contribution in [-0.2, 0) is 4.79 Å². The number of likely N-dealkylation sites (N-methyl/N-ethyl adjacent to an activating group) is 1. The van der Waals surface area contributed by atoms with Crippen molar-refractivity contribution in [3.8, 4) is 0 Å². The van der Waals surface area contributed by atoms with E-state index in [-0.39, 0.29) is 17.5 Å². The quantitative estimate of drug-likeness (QED) is 0.875. The molecule has 1 aliphatic rings. The molecule has 4 nitrogen and oxygen atoms in total. The van der Waals surface area contributed by atoms with Crippen LogP contribution in [0.15, 0.2) is 24.3 Å². The number of nitrogens with zero attached hydrogens (tertiary/aromatic N) is 2. The minimum Gasteiger partial charge on any atom is -0.351 e. The van der Waals surface area contributed by atoms with Crippen molar-refractivity contribution in [3.05, 3.63) is 29.8 Å². The first-order valence-corrected chi connectivity index (χ1v) is 6.68. The van der Waals surface area contributed by atoms with Crippen LogP contribution in [0.3, 0.4) is 0 Å². The zero-order valence-electron chi connectivity index (χ0n) is 12.2. The first kappa shape index (κ1) is 13.9. The maximum atomic E-state index is 12.3. The number of piperazine rings is 1. The molecule has 19 heavy (non-hydrogen) atoms. The number of hydrogen-bond donors (Lipinski definition) is 1. The number of benzene rings is 1. The lowest BCUT2D eigenvalue weighted by molar-refractivity contribution is -0.134. The van der Waals surface area contributed by atoms with Crippen molar-refractivity contribution in [2.75, 3.05) is 25.0 Å². The Hall–Kier alpha value is -1.55. The Morgan fingerprint density at radius 1 is 1.42 bits per heavy atom. The number of anilines is 1. The molecule has 2 rings (SSSR count). The van der Waals surface area contributed by atoms with Gasteiger partial charge in [-0.15, -0.1) is 0 Å². The summed E-state index contributed by atoms with van der Waals surface area (Å²) < 4.78 is 0. The van der Waals surface area contributed by atoms with Gasteiger partial charge >= 0.3 is 0 Å². The number of hydrogen-bond acceptors (Lipinski definition) is 3. The van der Waals surface area contributed by atoms with E-state index in [0.717, 1.165) is 5.69 Å². The van der Waals surface area contributed by atoms with Crippen molar-refractivity contribution in [1.29, 1.82) is 0 Å². The summed E-state index contributed by atoms with van der Waals surface area (Å²) in [5.41, 5.74) is 7.99. The molecule has 1 unspecified atom stereocenters. The fourth-order valence-electron chi connectivity index (χ4n) is 3.03. The third-order valence-corrected chi connectivity index (χ3v) is 3.75. The molecular weight excluding hydrogens is 238 g/mol. The summed E-state index contributed by atoms with van der Waals surface area (Å²) in [6.45, 7) is 7.41. The second-order valence-electron chi connectivity index (χ2n) is 5.97. The summed E-state index contributed by atoms with van der Waals surface area (Å²) >= 11 is 0. The Morgan fingerprint density at radius 2 is 2.11 bits per heavy atom. The van der Waals surface area contributed by atoms with E-state index < -0.39 is 0 Å². The highest BCUT2D eigenvalue weighted by Gasteiger charge is 2.43. The van der Waals surface area contributed by atoms with E-state index >= 15 is 0 Å². The largest absolute Gasteiger partial charge is 0.351 e. The Morgan fingerprint density at radius 3 is 2.68 bits per heavy atom. The molecule has 1 heterocycles. The van der Waals surface area contributed by atoms with Crippen LogP contribution in [0.4, 0.5) is 5.69 Å². The van der Waals surface area contributed by atoms with Crippen LogP contribution in [0.1, 0.15) is 19.4 Å². The SMILES string of the molecule is Cc1cccc(N2C(CN)C(=O)N(C)CC2(C)C)c1. The highest BCUT2D eigenvalue weighted by Crippen LogP contribution is 2.31. The standard InChI is InChI=1S/C15H23N3O/c1-11-6-5-7-12(8-11)18-13(9-16)14(19)17(4)10-15(18,2)3/h5-8,13H,9-10,16H2,1-4H3. The van der Waals surface area contributed by atoms with Crippen LogP contribution in [0.25, 0.3) is 0 Å². The van der Waals surface area contributed by atoms with Gasteiger partial charge < -0.3 is 15.5 Å². The smallest absolute Gasteiger partial charge is 0.246 e. The first-order chi connectivity index (χ1) is 8.86. The minimum absolute atomic E-state index is 0.100. The summed E-state index contributed by atoms with van der Waals surface area (Å²) in [5, 5.41) is 0. The highest BCUT2D eigenvalue weighted by atomic mass is 16.2. The van der Waals surface area contributed by atoms with Crippen LogP contribution in [0, 0.1) is 6.92 Å². The third kappa shape index (κ3) is 2.45. The van der Waals surface area contributed by atoms with E-state index in [4.69, 9.17) is 5.73 Å². The predicted molar refractivity (Wildman–Crippen MR) is 78.2 cm³/mol. The van der Waals surface area contributed by atoms with Crippen LogP contribution in [0.5, 0.6) is 0 Å². The summed E-state index contributed by atoms with van der Waals surface area (Å²) in [4.78, 5) is 16.3.